The third-order valence-corrected chi connectivity index (χ3v) is 7.47. The number of anilines is 1. The minimum absolute atomic E-state index is 0.476. The van der Waals surface area contributed by atoms with E-state index in [9.17, 15) is 9.00 Å². The maximum atomic E-state index is 12.3. The van der Waals surface area contributed by atoms with Gasteiger partial charge in [0.1, 0.15) is 5.60 Å². The molecule has 1 aliphatic rings. The molecule has 1 aromatic carbocycles. The number of carbonyl (C=O) groups is 1. The number of fused-ring (bicyclic) bond motifs is 1. The lowest BCUT2D eigenvalue weighted by atomic mass is 10.2. The Bertz CT molecular complexity index is 657. The summed E-state index contributed by atoms with van der Waals surface area (Å²) in [5, 5.41) is 0. The number of carbonyl (C=O) groups excluding carboxylic acids is 1. The van der Waals surface area contributed by atoms with Crippen LogP contribution >= 0.6 is 21.6 Å². The van der Waals surface area contributed by atoms with Gasteiger partial charge in [-0.1, -0.05) is 0 Å². The van der Waals surface area contributed by atoms with Gasteiger partial charge in [-0.05, 0) is 42.4 Å². The summed E-state index contributed by atoms with van der Waals surface area (Å²) < 4.78 is 28.1. The second-order valence-electron chi connectivity index (χ2n) is 5.70. The van der Waals surface area contributed by atoms with E-state index in [-0.39, 0.29) is 0 Å². The lowest BCUT2D eigenvalue weighted by Gasteiger charge is -2.26. The maximum absolute atomic E-state index is 12.3. The number of ether oxygens (including phenoxy) is 3. The Balaban J connectivity index is 2.49. The molecule has 1 unspecified atom stereocenters. The van der Waals surface area contributed by atoms with E-state index in [0.717, 1.165) is 4.90 Å². The average molecular weight is 378 g/mol. The first-order chi connectivity index (χ1) is 10.7. The highest BCUT2D eigenvalue weighted by atomic mass is 33.5. The second-order valence-corrected chi connectivity index (χ2v) is 10.7. The Kier molecular flexibility index (Phi) is 5.42. The van der Waals surface area contributed by atoms with E-state index >= 15 is 0 Å². The quantitative estimate of drug-likeness (QED) is 0.741. The molecule has 2 rings (SSSR count). The molecule has 0 N–H and O–H groups in total. The van der Waals surface area contributed by atoms with Crippen molar-refractivity contribution in [1.82, 2.24) is 0 Å². The molecule has 1 heterocycles. The highest BCUT2D eigenvalue weighted by molar-refractivity contribution is 9.03. The van der Waals surface area contributed by atoms with Crippen molar-refractivity contribution in [3.63, 3.8) is 0 Å². The van der Waals surface area contributed by atoms with Crippen LogP contribution in [-0.2, 0) is 13.6 Å². The lowest BCUT2D eigenvalue weighted by Crippen LogP contribution is -2.34. The lowest BCUT2D eigenvalue weighted by molar-refractivity contribution is 0.0588. The summed E-state index contributed by atoms with van der Waals surface area (Å²) in [4.78, 5) is 15.2. The molecule has 23 heavy (non-hydrogen) atoms. The smallest absolute Gasteiger partial charge is 0.414 e. The number of amides is 1. The predicted molar refractivity (Wildman–Crippen MR) is 94.0 cm³/mol. The number of rotatable bonds is 3. The highest BCUT2D eigenvalue weighted by Gasteiger charge is 2.33. The van der Waals surface area contributed by atoms with Gasteiger partial charge in [-0.3, -0.25) is 4.90 Å². The molecule has 6 nitrogen and oxygen atoms in total. The Morgan fingerprint density at radius 1 is 1.17 bits per heavy atom. The van der Waals surface area contributed by atoms with Crippen molar-refractivity contribution in [3.05, 3.63) is 6.07 Å². The Labute approximate surface area is 145 Å². The Morgan fingerprint density at radius 2 is 1.78 bits per heavy atom. The molecule has 9 heteroatoms. The van der Waals surface area contributed by atoms with Crippen LogP contribution in [0.2, 0.25) is 0 Å². The number of methoxy groups -OCH3 is 2. The van der Waals surface area contributed by atoms with Crippen LogP contribution in [0.4, 0.5) is 10.5 Å². The van der Waals surface area contributed by atoms with Crippen LogP contribution in [0.25, 0.3) is 0 Å². The van der Waals surface area contributed by atoms with E-state index < -0.39 is 20.6 Å². The van der Waals surface area contributed by atoms with Gasteiger partial charge in [-0.25, -0.2) is 9.00 Å². The fourth-order valence-electron chi connectivity index (χ4n) is 1.92. The Morgan fingerprint density at radius 3 is 2.30 bits per heavy atom. The first-order valence-corrected chi connectivity index (χ1v) is 10.5. The predicted octanol–water partition coefficient (Wildman–Crippen LogP) is 3.85. The van der Waals surface area contributed by atoms with E-state index in [0.29, 0.717) is 22.1 Å². The van der Waals surface area contributed by atoms with E-state index in [4.69, 9.17) is 14.2 Å². The van der Waals surface area contributed by atoms with Crippen molar-refractivity contribution in [3.8, 4) is 11.5 Å². The molecular formula is C14H19NO5S3. The van der Waals surface area contributed by atoms with Crippen LogP contribution in [0.1, 0.15) is 20.8 Å². The molecule has 0 fully saturated rings. The first kappa shape index (κ1) is 18.3. The zero-order valence-electron chi connectivity index (χ0n) is 13.8. The standard InChI is InChI=1S/C14H19NO5S3/c1-14(2,3)20-13(16)15(4)8-7-9(18-5)10(19-6)12-11(8)21-23(17)22-12/h7H,1-6H3. The molecule has 1 atom stereocenters. The van der Waals surface area contributed by atoms with Crippen molar-refractivity contribution in [2.45, 2.75) is 36.2 Å². The number of hydrogen-bond donors (Lipinski definition) is 0. The molecule has 1 aliphatic heterocycles. The molecule has 0 bridgehead atoms. The van der Waals surface area contributed by atoms with E-state index in [2.05, 4.69) is 0 Å². The average Bonchev–Trinajstić information content (AvgIpc) is 2.83. The van der Waals surface area contributed by atoms with Gasteiger partial charge in [0.05, 0.1) is 29.7 Å². The summed E-state index contributed by atoms with van der Waals surface area (Å²) in [7, 11) is 5.84. The molecule has 0 spiro atoms. The van der Waals surface area contributed by atoms with E-state index in [1.807, 2.05) is 0 Å². The van der Waals surface area contributed by atoms with E-state index in [1.54, 1.807) is 33.9 Å². The number of hydrogen-bond acceptors (Lipinski definition) is 7. The van der Waals surface area contributed by atoms with Crippen molar-refractivity contribution >= 4 is 42.2 Å². The van der Waals surface area contributed by atoms with Gasteiger partial charge in [0.15, 0.2) is 20.4 Å². The SMILES string of the molecule is COc1cc(N(C)C(=O)OC(C)(C)C)c2c(c1OC)SS(=O)S2. The number of nitrogens with zero attached hydrogens (tertiary/aromatic N) is 1. The topological polar surface area (TPSA) is 65.1 Å². The van der Waals surface area contributed by atoms with Crippen LogP contribution in [-0.4, -0.2) is 37.2 Å². The number of benzene rings is 1. The van der Waals surface area contributed by atoms with Crippen LogP contribution in [0.3, 0.4) is 0 Å². The first-order valence-electron chi connectivity index (χ1n) is 6.72. The molecule has 0 radical (unpaired) electrons. The summed E-state index contributed by atoms with van der Waals surface area (Å²) in [6.45, 7) is 5.41. The summed E-state index contributed by atoms with van der Waals surface area (Å²) in [6.07, 6.45) is -0.491. The molecular weight excluding hydrogens is 358 g/mol. The van der Waals surface area contributed by atoms with Gasteiger partial charge < -0.3 is 14.2 Å². The summed E-state index contributed by atoms with van der Waals surface area (Å²) >= 11 is 0. The van der Waals surface area contributed by atoms with Crippen molar-refractivity contribution in [1.29, 1.82) is 0 Å². The maximum Gasteiger partial charge on any atom is 0.414 e. The van der Waals surface area contributed by atoms with Crippen LogP contribution in [0.15, 0.2) is 15.9 Å². The molecule has 1 aromatic rings. The fraction of sp³-hybridized carbons (Fsp3) is 0.500. The third kappa shape index (κ3) is 3.89. The molecule has 128 valence electrons. The highest BCUT2D eigenvalue weighted by Crippen LogP contribution is 2.57. The van der Waals surface area contributed by atoms with E-state index in [1.165, 1.54) is 40.7 Å². The molecule has 0 aromatic heterocycles. The third-order valence-electron chi connectivity index (χ3n) is 2.89. The monoisotopic (exact) mass is 377 g/mol. The van der Waals surface area contributed by atoms with Gasteiger partial charge in [-0.2, -0.15) is 0 Å². The summed E-state index contributed by atoms with van der Waals surface area (Å²) in [5.74, 6) is 0.996. The normalized spacial score (nSPS) is 16.7. The van der Waals surface area contributed by atoms with Crippen LogP contribution < -0.4 is 14.4 Å². The second kappa shape index (κ2) is 6.82. The van der Waals surface area contributed by atoms with Gasteiger partial charge in [0.25, 0.3) is 0 Å². The van der Waals surface area contributed by atoms with Gasteiger partial charge in [0, 0.05) is 13.1 Å². The van der Waals surface area contributed by atoms with Crippen molar-refractivity contribution in [2.24, 2.45) is 0 Å². The van der Waals surface area contributed by atoms with Gasteiger partial charge in [0.2, 0.25) is 0 Å². The zero-order chi connectivity index (χ0) is 17.4. The molecule has 1 amide bonds. The van der Waals surface area contributed by atoms with Gasteiger partial charge in [-0.15, -0.1) is 0 Å². The zero-order valence-corrected chi connectivity index (χ0v) is 16.2. The van der Waals surface area contributed by atoms with Crippen molar-refractivity contribution in [2.75, 3.05) is 26.2 Å². The largest absolute Gasteiger partial charge is 0.493 e. The summed E-state index contributed by atoms with van der Waals surface area (Å²) in [6, 6.07) is 1.69. The van der Waals surface area contributed by atoms with Gasteiger partial charge >= 0.3 is 6.09 Å². The molecule has 0 saturated carbocycles. The van der Waals surface area contributed by atoms with Crippen molar-refractivity contribution < 1.29 is 23.2 Å². The van der Waals surface area contributed by atoms with Crippen LogP contribution in [0.5, 0.6) is 11.5 Å². The summed E-state index contributed by atoms with van der Waals surface area (Å²) in [5.41, 5.74) is -0.0225. The molecule has 0 saturated heterocycles. The minimum atomic E-state index is -1.18. The van der Waals surface area contributed by atoms with Crippen LogP contribution in [0, 0.1) is 0 Å². The fourth-order valence-corrected chi connectivity index (χ4v) is 7.11. The Hall–Kier alpha value is -1.06. The molecule has 0 aliphatic carbocycles. The minimum Gasteiger partial charge on any atom is -0.493 e.